The Kier molecular flexibility index (Phi) is 6.15. The van der Waals surface area contributed by atoms with Gasteiger partial charge in [0.1, 0.15) is 16.8 Å². The fourth-order valence-corrected chi connectivity index (χ4v) is 6.62. The Morgan fingerprint density at radius 2 is 1.33 bits per heavy atom. The number of nitriles is 1. The first-order valence-corrected chi connectivity index (χ1v) is 15.5. The molecule has 6 nitrogen and oxygen atoms in total. The zero-order valence-corrected chi connectivity index (χ0v) is 25.4. The van der Waals surface area contributed by atoms with Gasteiger partial charge in [0, 0.05) is 38.5 Å². The lowest BCUT2D eigenvalue weighted by Crippen LogP contribution is -1.94. The summed E-state index contributed by atoms with van der Waals surface area (Å²) in [4.78, 5) is 13.5. The molecule has 0 atom stereocenters. The summed E-state index contributed by atoms with van der Waals surface area (Å²) in [6.07, 6.45) is 0. The minimum absolute atomic E-state index is 0.359. The molecule has 0 bridgehead atoms. The average Bonchev–Trinajstić information content (AvgIpc) is 3.70. The van der Waals surface area contributed by atoms with E-state index >= 15 is 0 Å². The number of hydrogen-bond donors (Lipinski definition) is 0. The van der Waals surface area contributed by atoms with Crippen LogP contribution in [0.5, 0.6) is 0 Å². The Morgan fingerprint density at radius 3 is 2.12 bits per heavy atom. The van der Waals surface area contributed by atoms with E-state index in [1.165, 1.54) is 10.8 Å². The molecule has 9 aromatic rings. The van der Waals surface area contributed by atoms with Crippen LogP contribution in [0.1, 0.15) is 5.56 Å². The van der Waals surface area contributed by atoms with Gasteiger partial charge in [-0.05, 0) is 71.8 Å². The molecule has 0 aliphatic carbocycles. The van der Waals surface area contributed by atoms with E-state index in [2.05, 4.69) is 94.3 Å². The van der Waals surface area contributed by atoms with Crippen LogP contribution in [0.15, 0.2) is 144 Å². The molecular formula is C42H23N5O. The monoisotopic (exact) mass is 613 g/mol. The van der Waals surface area contributed by atoms with Crippen molar-refractivity contribution in [3.05, 3.63) is 157 Å². The predicted octanol–water partition coefficient (Wildman–Crippen LogP) is 10.9. The molecule has 0 N–H and O–H groups in total. The van der Waals surface area contributed by atoms with Gasteiger partial charge < -0.3 is 8.98 Å². The van der Waals surface area contributed by atoms with Crippen LogP contribution in [-0.2, 0) is 0 Å². The van der Waals surface area contributed by atoms with Crippen LogP contribution in [0.4, 0.5) is 5.69 Å². The summed E-state index contributed by atoms with van der Waals surface area (Å²) in [5.41, 5.74) is 10.4. The Morgan fingerprint density at radius 1 is 0.625 bits per heavy atom. The number of nitrogens with zero attached hydrogens (tertiary/aromatic N) is 5. The molecule has 0 aliphatic heterocycles. The van der Waals surface area contributed by atoms with E-state index in [-0.39, 0.29) is 0 Å². The van der Waals surface area contributed by atoms with Gasteiger partial charge in [0.15, 0.2) is 17.1 Å². The molecule has 48 heavy (non-hydrogen) atoms. The fourth-order valence-electron chi connectivity index (χ4n) is 6.62. The number of fused-ring (bicyclic) bond motifs is 6. The van der Waals surface area contributed by atoms with E-state index in [0.717, 1.165) is 38.8 Å². The van der Waals surface area contributed by atoms with Crippen molar-refractivity contribution in [3.63, 3.8) is 0 Å². The number of rotatable bonds is 4. The third-order valence-corrected chi connectivity index (χ3v) is 8.81. The third-order valence-electron chi connectivity index (χ3n) is 8.81. The maximum Gasteiger partial charge on any atom is 0.189 e. The highest BCUT2D eigenvalue weighted by atomic mass is 16.3. The molecule has 3 aromatic heterocycles. The highest BCUT2D eigenvalue weighted by molar-refractivity contribution is 6.11. The Bertz CT molecular complexity index is 2770. The van der Waals surface area contributed by atoms with Crippen LogP contribution in [0.2, 0.25) is 0 Å². The van der Waals surface area contributed by atoms with Crippen LogP contribution >= 0.6 is 0 Å². The topological polar surface area (TPSA) is 72.0 Å². The van der Waals surface area contributed by atoms with Gasteiger partial charge in [-0.2, -0.15) is 5.26 Å². The number of benzene rings is 6. The molecule has 0 saturated carbocycles. The first-order valence-electron chi connectivity index (χ1n) is 15.5. The molecule has 0 saturated heterocycles. The third kappa shape index (κ3) is 4.33. The van der Waals surface area contributed by atoms with Crippen LogP contribution in [0.3, 0.4) is 0 Å². The molecule has 0 radical (unpaired) electrons. The van der Waals surface area contributed by atoms with Crippen molar-refractivity contribution in [2.24, 2.45) is 0 Å². The quantitative estimate of drug-likeness (QED) is 0.185. The summed E-state index contributed by atoms with van der Waals surface area (Å²) in [6, 6.07) is 48.8. The number of hydrogen-bond acceptors (Lipinski definition) is 4. The smallest absolute Gasteiger partial charge is 0.189 e. The van der Waals surface area contributed by atoms with Crippen molar-refractivity contribution in [3.8, 4) is 45.5 Å². The molecule has 6 aromatic carbocycles. The summed E-state index contributed by atoms with van der Waals surface area (Å²) >= 11 is 0. The van der Waals surface area contributed by atoms with Gasteiger partial charge in [0.2, 0.25) is 0 Å². The minimum atomic E-state index is 0.359. The molecule has 0 spiro atoms. The van der Waals surface area contributed by atoms with E-state index in [0.29, 0.717) is 45.0 Å². The number of para-hydroxylation sites is 2. The van der Waals surface area contributed by atoms with Crippen LogP contribution < -0.4 is 0 Å². The lowest BCUT2D eigenvalue weighted by molar-refractivity contribution is 0.667. The van der Waals surface area contributed by atoms with E-state index in [1.54, 1.807) is 18.2 Å². The Hall–Kier alpha value is -7.02. The van der Waals surface area contributed by atoms with Gasteiger partial charge in [-0.3, -0.25) is 0 Å². The van der Waals surface area contributed by atoms with Gasteiger partial charge in [-0.1, -0.05) is 78.9 Å². The second kappa shape index (κ2) is 10.8. The molecule has 0 unspecified atom stereocenters. The van der Waals surface area contributed by atoms with E-state index in [9.17, 15) is 5.26 Å². The zero-order valence-electron chi connectivity index (χ0n) is 25.4. The molecule has 3 heterocycles. The molecule has 0 fully saturated rings. The molecule has 222 valence electrons. The van der Waals surface area contributed by atoms with Crippen molar-refractivity contribution < 1.29 is 4.42 Å². The Balaban J connectivity index is 1.27. The van der Waals surface area contributed by atoms with Gasteiger partial charge in [-0.25, -0.2) is 14.8 Å². The van der Waals surface area contributed by atoms with Crippen molar-refractivity contribution in [1.82, 2.24) is 14.5 Å². The van der Waals surface area contributed by atoms with E-state index < -0.39 is 0 Å². The van der Waals surface area contributed by atoms with Gasteiger partial charge in [-0.15, -0.1) is 0 Å². The van der Waals surface area contributed by atoms with Crippen LogP contribution in [0, 0.1) is 17.9 Å². The highest BCUT2D eigenvalue weighted by Crippen LogP contribution is 2.39. The number of aromatic nitrogens is 3. The zero-order chi connectivity index (χ0) is 32.2. The molecule has 6 heteroatoms. The molecular weight excluding hydrogens is 590 g/mol. The van der Waals surface area contributed by atoms with E-state index in [1.807, 2.05) is 42.5 Å². The Labute approximate surface area is 275 Å². The van der Waals surface area contributed by atoms with Crippen LogP contribution in [-0.4, -0.2) is 14.5 Å². The van der Waals surface area contributed by atoms with Gasteiger partial charge in [0.05, 0.1) is 23.7 Å². The van der Waals surface area contributed by atoms with Gasteiger partial charge in [0.25, 0.3) is 0 Å². The second-order valence-corrected chi connectivity index (χ2v) is 11.7. The maximum atomic E-state index is 9.65. The lowest BCUT2D eigenvalue weighted by atomic mass is 10.0. The highest BCUT2D eigenvalue weighted by Gasteiger charge is 2.20. The summed E-state index contributed by atoms with van der Waals surface area (Å²) in [6.45, 7) is 7.57. The molecule has 0 aliphatic rings. The standard InChI is InChI=1S/C42H23N5O/c1-44-31-21-26(25-43)20-30(22-31)42-45-39(27-10-4-2-5-11-27)41-40(46-42)35-24-29(17-19-38(35)48-41)28-16-18-37-34(23-28)33-14-8-9-15-36(33)47(37)32-12-6-3-7-13-32/h2-24H. The lowest BCUT2D eigenvalue weighted by Gasteiger charge is -2.08. The summed E-state index contributed by atoms with van der Waals surface area (Å²) < 4.78 is 8.77. The van der Waals surface area contributed by atoms with Crippen molar-refractivity contribution in [1.29, 1.82) is 5.26 Å². The molecule has 0 amide bonds. The first kappa shape index (κ1) is 27.3. The van der Waals surface area contributed by atoms with E-state index in [4.69, 9.17) is 21.0 Å². The first-order chi connectivity index (χ1) is 23.7. The average molecular weight is 614 g/mol. The minimum Gasteiger partial charge on any atom is -0.452 e. The number of furan rings is 1. The maximum absolute atomic E-state index is 9.65. The molecule has 9 rings (SSSR count). The van der Waals surface area contributed by atoms with Gasteiger partial charge >= 0.3 is 0 Å². The van der Waals surface area contributed by atoms with Crippen LogP contribution in [0.25, 0.3) is 88.2 Å². The second-order valence-electron chi connectivity index (χ2n) is 11.7. The largest absolute Gasteiger partial charge is 0.452 e. The predicted molar refractivity (Wildman–Crippen MR) is 191 cm³/mol. The summed E-state index contributed by atoms with van der Waals surface area (Å²) in [5.74, 6) is 0.423. The summed E-state index contributed by atoms with van der Waals surface area (Å²) in [5, 5.41) is 12.9. The normalized spacial score (nSPS) is 11.3. The van der Waals surface area contributed by atoms with Crippen molar-refractivity contribution in [2.75, 3.05) is 0 Å². The van der Waals surface area contributed by atoms with Crippen molar-refractivity contribution in [2.45, 2.75) is 0 Å². The summed E-state index contributed by atoms with van der Waals surface area (Å²) in [7, 11) is 0. The SMILES string of the molecule is [C-]#[N+]c1cc(C#N)cc(-c2nc(-c3ccccc3)c3oc4ccc(-c5ccc6c(c5)c5ccccc5n6-c5ccccc5)cc4c3n2)c1. The fraction of sp³-hybridized carbons (Fsp3) is 0. The van der Waals surface area contributed by atoms with Crippen molar-refractivity contribution >= 4 is 49.6 Å².